The zero-order chi connectivity index (χ0) is 38.9. The van der Waals surface area contributed by atoms with Crippen LogP contribution < -0.4 is 24.6 Å². The summed E-state index contributed by atoms with van der Waals surface area (Å²) in [5.74, 6) is -0.582. The number of nitrogens with one attached hydrogen (secondary N) is 1. The van der Waals surface area contributed by atoms with Gasteiger partial charge in [0, 0.05) is 42.7 Å². The standard InChI is InChI=1S/C44H37IN4O7/c1-2-55-39-23-28(22-38(45)41(39)56-26-27-13-15-31(16-14-27)49(53)54)21-37-42(50)46-44(52)48(43(37)51)32-24-35-33(29-9-5-3-6-10-29)17-19-47-20-18-34(36(25-32)40(35)47)30-11-7-4-8-12-30/h3-16,21-25,33-34H,2,17-20,26H2,1H3,(H,46,50,52)/b37-21+/t33-,34+. The number of rotatable bonds is 10. The molecule has 56 heavy (non-hydrogen) atoms. The van der Waals surface area contributed by atoms with Crippen molar-refractivity contribution in [1.29, 1.82) is 0 Å². The van der Waals surface area contributed by atoms with E-state index in [1.165, 1.54) is 29.3 Å². The lowest BCUT2D eigenvalue weighted by atomic mass is 9.76. The molecule has 1 N–H and O–H groups in total. The second-order valence-corrected chi connectivity index (χ2v) is 15.1. The molecule has 5 aromatic carbocycles. The van der Waals surface area contributed by atoms with Crippen LogP contribution in [0.3, 0.4) is 0 Å². The van der Waals surface area contributed by atoms with E-state index in [0.717, 1.165) is 53.2 Å². The van der Waals surface area contributed by atoms with Crippen molar-refractivity contribution in [3.63, 3.8) is 0 Å². The number of non-ortho nitro benzene ring substituents is 1. The summed E-state index contributed by atoms with van der Waals surface area (Å²) in [6.07, 6.45) is 3.23. The van der Waals surface area contributed by atoms with E-state index in [1.807, 2.05) is 55.5 Å². The van der Waals surface area contributed by atoms with Crippen LogP contribution in [-0.2, 0) is 16.2 Å². The fourth-order valence-corrected chi connectivity index (χ4v) is 8.75. The normalized spacial score (nSPS) is 18.4. The second-order valence-electron chi connectivity index (χ2n) is 13.9. The maximum atomic E-state index is 14.5. The number of anilines is 2. The molecule has 0 radical (unpaired) electrons. The van der Waals surface area contributed by atoms with Crippen LogP contribution in [0.25, 0.3) is 6.08 Å². The first-order valence-electron chi connectivity index (χ1n) is 18.5. The van der Waals surface area contributed by atoms with E-state index in [2.05, 4.69) is 57.1 Å². The van der Waals surface area contributed by atoms with Gasteiger partial charge in [0.25, 0.3) is 17.5 Å². The predicted octanol–water partition coefficient (Wildman–Crippen LogP) is 8.72. The highest BCUT2D eigenvalue weighted by Gasteiger charge is 2.40. The average molecular weight is 861 g/mol. The maximum absolute atomic E-state index is 14.5. The molecule has 3 aliphatic rings. The number of carbonyl (C=O) groups excluding carboxylic acids is 3. The highest BCUT2D eigenvalue weighted by atomic mass is 127. The summed E-state index contributed by atoms with van der Waals surface area (Å²) in [6.45, 7) is 4.07. The van der Waals surface area contributed by atoms with Crippen molar-refractivity contribution in [3.05, 3.63) is 162 Å². The second kappa shape index (κ2) is 15.6. The van der Waals surface area contributed by atoms with Gasteiger partial charge in [-0.3, -0.25) is 25.0 Å². The van der Waals surface area contributed by atoms with Crippen LogP contribution in [0.1, 0.15) is 65.0 Å². The summed E-state index contributed by atoms with van der Waals surface area (Å²) in [7, 11) is 0. The third kappa shape index (κ3) is 7.12. The Kier molecular flexibility index (Phi) is 10.3. The first-order chi connectivity index (χ1) is 27.2. The van der Waals surface area contributed by atoms with Crippen molar-refractivity contribution in [2.75, 3.05) is 29.5 Å². The fraction of sp³-hybridized carbons (Fsp3) is 0.205. The Morgan fingerprint density at radius 3 is 2.02 bits per heavy atom. The molecule has 0 aromatic heterocycles. The summed E-state index contributed by atoms with van der Waals surface area (Å²) in [4.78, 5) is 55.7. The summed E-state index contributed by atoms with van der Waals surface area (Å²) < 4.78 is 12.7. The minimum Gasteiger partial charge on any atom is -0.490 e. The highest BCUT2D eigenvalue weighted by molar-refractivity contribution is 14.1. The predicted molar refractivity (Wildman–Crippen MR) is 221 cm³/mol. The van der Waals surface area contributed by atoms with Gasteiger partial charge in [0.15, 0.2) is 11.5 Å². The van der Waals surface area contributed by atoms with Gasteiger partial charge in [-0.2, -0.15) is 0 Å². The number of urea groups is 1. The Morgan fingerprint density at radius 2 is 1.45 bits per heavy atom. The number of carbonyl (C=O) groups is 3. The summed E-state index contributed by atoms with van der Waals surface area (Å²) in [5.41, 5.74) is 7.01. The van der Waals surface area contributed by atoms with Gasteiger partial charge in [-0.1, -0.05) is 60.7 Å². The number of nitrogens with zero attached hydrogens (tertiary/aromatic N) is 3. The molecule has 0 spiro atoms. The summed E-state index contributed by atoms with van der Waals surface area (Å²) in [5, 5.41) is 13.5. The fourth-order valence-electron chi connectivity index (χ4n) is 7.97. The van der Waals surface area contributed by atoms with Crippen molar-refractivity contribution in [1.82, 2.24) is 5.32 Å². The number of ether oxygens (including phenoxy) is 2. The molecule has 1 fully saturated rings. The monoisotopic (exact) mass is 860 g/mol. The zero-order valence-corrected chi connectivity index (χ0v) is 32.6. The van der Waals surface area contributed by atoms with Crippen LogP contribution in [0, 0.1) is 13.7 Å². The number of nitro groups is 1. The molecular weight excluding hydrogens is 823 g/mol. The lowest BCUT2D eigenvalue weighted by Gasteiger charge is -2.44. The van der Waals surface area contributed by atoms with Gasteiger partial charge < -0.3 is 14.4 Å². The third-order valence-corrected chi connectivity index (χ3v) is 11.3. The van der Waals surface area contributed by atoms with Crippen LogP contribution in [0.15, 0.2) is 115 Å². The average Bonchev–Trinajstić information content (AvgIpc) is 3.20. The number of halogens is 1. The van der Waals surface area contributed by atoms with Crippen LogP contribution in [0.4, 0.5) is 21.9 Å². The quantitative estimate of drug-likeness (QED) is 0.0485. The molecule has 282 valence electrons. The van der Waals surface area contributed by atoms with Crippen LogP contribution >= 0.6 is 22.6 Å². The first kappa shape index (κ1) is 36.9. The van der Waals surface area contributed by atoms with Crippen LogP contribution in [0.5, 0.6) is 11.5 Å². The van der Waals surface area contributed by atoms with Gasteiger partial charge in [-0.05, 0) is 118 Å². The Labute approximate surface area is 337 Å². The number of hydrogen-bond acceptors (Lipinski definition) is 8. The van der Waals surface area contributed by atoms with E-state index in [0.29, 0.717) is 32.9 Å². The van der Waals surface area contributed by atoms with Crippen molar-refractivity contribution in [2.24, 2.45) is 0 Å². The van der Waals surface area contributed by atoms with Crippen molar-refractivity contribution >= 4 is 63.6 Å². The van der Waals surface area contributed by atoms with E-state index < -0.39 is 22.8 Å². The van der Waals surface area contributed by atoms with Gasteiger partial charge in [-0.25, -0.2) is 9.69 Å². The van der Waals surface area contributed by atoms with Gasteiger partial charge in [-0.15, -0.1) is 0 Å². The smallest absolute Gasteiger partial charge is 0.335 e. The Hall–Kier alpha value is -6.02. The molecule has 0 saturated carbocycles. The van der Waals surface area contributed by atoms with Gasteiger partial charge >= 0.3 is 6.03 Å². The Balaban J connectivity index is 1.17. The van der Waals surface area contributed by atoms with E-state index in [4.69, 9.17) is 9.47 Å². The van der Waals surface area contributed by atoms with E-state index >= 15 is 0 Å². The number of nitro benzene ring substituents is 1. The topological polar surface area (TPSA) is 131 Å². The molecule has 4 amide bonds. The number of imide groups is 2. The molecule has 11 nitrogen and oxygen atoms in total. The molecule has 12 heteroatoms. The minimum absolute atomic E-state index is 0.0158. The molecule has 0 aliphatic carbocycles. The molecule has 3 heterocycles. The highest BCUT2D eigenvalue weighted by Crippen LogP contribution is 2.50. The Morgan fingerprint density at radius 1 is 0.839 bits per heavy atom. The lowest BCUT2D eigenvalue weighted by Crippen LogP contribution is -2.54. The van der Waals surface area contributed by atoms with E-state index in [9.17, 15) is 24.5 Å². The van der Waals surface area contributed by atoms with Crippen molar-refractivity contribution in [2.45, 2.75) is 38.2 Å². The van der Waals surface area contributed by atoms with Gasteiger partial charge in [0.05, 0.1) is 20.8 Å². The van der Waals surface area contributed by atoms with E-state index in [-0.39, 0.29) is 29.7 Å². The number of amides is 4. The number of hydrogen-bond donors (Lipinski definition) is 1. The lowest BCUT2D eigenvalue weighted by molar-refractivity contribution is -0.384. The maximum Gasteiger partial charge on any atom is 0.335 e. The molecule has 8 rings (SSSR count). The SMILES string of the molecule is CCOc1cc(/C=C2\C(=O)NC(=O)N(c3cc4c5c(c3)[C@H](c3ccccc3)CCN5CC[C@@H]4c3ccccc3)C2=O)cc(I)c1OCc1ccc([N+](=O)[O-])cc1. The van der Waals surface area contributed by atoms with Crippen molar-refractivity contribution in [3.8, 4) is 11.5 Å². The number of barbiturate groups is 1. The summed E-state index contributed by atoms with van der Waals surface area (Å²) in [6, 6.07) is 33.2. The zero-order valence-electron chi connectivity index (χ0n) is 30.4. The Bertz CT molecular complexity index is 2310. The van der Waals surface area contributed by atoms with Crippen molar-refractivity contribution < 1.29 is 28.8 Å². The van der Waals surface area contributed by atoms with E-state index in [1.54, 1.807) is 24.3 Å². The molecule has 0 bridgehead atoms. The first-order valence-corrected chi connectivity index (χ1v) is 19.5. The van der Waals surface area contributed by atoms with Gasteiger partial charge in [0.2, 0.25) is 0 Å². The number of benzene rings is 5. The molecule has 0 unspecified atom stereocenters. The van der Waals surface area contributed by atoms with Crippen LogP contribution in [0.2, 0.25) is 0 Å². The summed E-state index contributed by atoms with van der Waals surface area (Å²) >= 11 is 2.10. The molecule has 3 aliphatic heterocycles. The molecule has 2 atom stereocenters. The minimum atomic E-state index is -0.806. The van der Waals surface area contributed by atoms with Crippen LogP contribution in [-0.4, -0.2) is 42.5 Å². The molecular formula is C44H37IN4O7. The molecule has 5 aromatic rings. The molecule has 1 saturated heterocycles. The van der Waals surface area contributed by atoms with Gasteiger partial charge in [0.1, 0.15) is 12.2 Å². The third-order valence-electron chi connectivity index (χ3n) is 10.5. The largest absolute Gasteiger partial charge is 0.490 e.